The smallest absolute Gasteiger partial charge is 0.286 e. The summed E-state index contributed by atoms with van der Waals surface area (Å²) in [5.41, 5.74) is 9.11. The number of anilines is 2. The summed E-state index contributed by atoms with van der Waals surface area (Å²) in [6.45, 7) is -0.401. The molecule has 4 aromatic rings. The Kier molecular flexibility index (Phi) is 12.0. The van der Waals surface area contributed by atoms with E-state index in [1.807, 2.05) is 16.8 Å². The van der Waals surface area contributed by atoms with Crippen LogP contribution < -0.4 is 21.1 Å². The van der Waals surface area contributed by atoms with E-state index >= 15 is 0 Å². The second-order valence-electron chi connectivity index (χ2n) is 11.1. The summed E-state index contributed by atoms with van der Waals surface area (Å²) in [5.74, 6) is -0.316. The number of rotatable bonds is 15. The van der Waals surface area contributed by atoms with Crippen molar-refractivity contribution in [2.75, 3.05) is 44.5 Å². The molecular formula is C35H38N4O8S2. The zero-order valence-electron chi connectivity index (χ0n) is 26.8. The Hall–Kier alpha value is -4.73. The number of amides is 2. The molecule has 2 heterocycles. The van der Waals surface area contributed by atoms with Gasteiger partial charge in [-0.25, -0.2) is 8.42 Å². The van der Waals surface area contributed by atoms with Crippen molar-refractivity contribution < 1.29 is 37.3 Å². The number of nitrogens with zero attached hydrogens (tertiary/aromatic N) is 1. The average molecular weight is 707 g/mol. The molecule has 0 bridgehead atoms. The van der Waals surface area contributed by atoms with Crippen LogP contribution in [0.5, 0.6) is 5.75 Å². The topological polar surface area (TPSA) is 170 Å². The third-order valence-electron chi connectivity index (χ3n) is 7.82. The van der Waals surface area contributed by atoms with Crippen molar-refractivity contribution >= 4 is 44.5 Å². The summed E-state index contributed by atoms with van der Waals surface area (Å²) in [6, 6.07) is 21.8. The van der Waals surface area contributed by atoms with Crippen LogP contribution in [0.4, 0.5) is 11.4 Å². The van der Waals surface area contributed by atoms with Gasteiger partial charge >= 0.3 is 0 Å². The minimum atomic E-state index is -3.92. The molecule has 0 saturated carbocycles. The fraction of sp³-hybridized carbons (Fsp3) is 0.257. The molecule has 2 amide bonds. The van der Waals surface area contributed by atoms with E-state index < -0.39 is 22.2 Å². The molecule has 3 aromatic carbocycles. The number of para-hydroxylation sites is 2. The number of ether oxygens (including phenoxy) is 3. The van der Waals surface area contributed by atoms with Crippen LogP contribution in [0.25, 0.3) is 0 Å². The van der Waals surface area contributed by atoms with Crippen molar-refractivity contribution in [1.82, 2.24) is 9.62 Å². The van der Waals surface area contributed by atoms with E-state index in [1.54, 1.807) is 66.7 Å². The van der Waals surface area contributed by atoms with E-state index in [1.165, 1.54) is 30.6 Å². The zero-order valence-corrected chi connectivity index (χ0v) is 28.4. The Balaban J connectivity index is 1.19. The summed E-state index contributed by atoms with van der Waals surface area (Å²) >= 11 is 1.53. The molecule has 0 fully saturated rings. The monoisotopic (exact) mass is 706 g/mol. The summed E-state index contributed by atoms with van der Waals surface area (Å²) in [7, 11) is -2.43. The molecule has 5 rings (SSSR count). The molecule has 2 atom stereocenters. The van der Waals surface area contributed by atoms with Crippen LogP contribution >= 0.6 is 11.3 Å². The van der Waals surface area contributed by atoms with Gasteiger partial charge < -0.3 is 35.7 Å². The molecule has 258 valence electrons. The van der Waals surface area contributed by atoms with Crippen molar-refractivity contribution in [3.05, 3.63) is 118 Å². The fourth-order valence-corrected chi connectivity index (χ4v) is 7.27. The number of allylic oxidation sites excluding steroid dienone is 1. The number of methoxy groups -OCH3 is 1. The number of sulfonamides is 1. The maximum Gasteiger partial charge on any atom is 0.286 e. The predicted octanol–water partition coefficient (Wildman–Crippen LogP) is 4.32. The van der Waals surface area contributed by atoms with Crippen molar-refractivity contribution in [2.24, 2.45) is 0 Å². The standard InChI is InChI=1S/C35H38N4O8S2/c1-45-28-10-12-29(13-11-28)49(43,44)39(15-17-40)16-18-46-33-21-27(26-14-19-48-23-26)20-32(47-33)35(42)37-22-24-6-8-25(9-7-24)34(41)38-31-5-3-2-4-30(31)36/h2-14,19-20,23,27,33,40H,15-18,21-22,36H2,1H3,(H,37,42)(H,38,41)/t27-,33+/m0/s1. The Labute approximate surface area is 289 Å². The van der Waals surface area contributed by atoms with Gasteiger partial charge in [-0.3, -0.25) is 9.59 Å². The van der Waals surface area contributed by atoms with Crippen molar-refractivity contribution in [2.45, 2.75) is 30.1 Å². The number of aliphatic hydroxyl groups is 1. The summed E-state index contributed by atoms with van der Waals surface area (Å²) in [5, 5.41) is 19.2. The molecule has 14 heteroatoms. The highest BCUT2D eigenvalue weighted by Gasteiger charge is 2.30. The van der Waals surface area contributed by atoms with Gasteiger partial charge in [-0.15, -0.1) is 0 Å². The van der Waals surface area contributed by atoms with E-state index in [0.717, 1.165) is 15.4 Å². The Morgan fingerprint density at radius 3 is 2.45 bits per heavy atom. The Bertz CT molecular complexity index is 1850. The van der Waals surface area contributed by atoms with Crippen molar-refractivity contribution in [3.8, 4) is 5.75 Å². The van der Waals surface area contributed by atoms with Gasteiger partial charge in [0, 0.05) is 37.5 Å². The molecule has 1 aliphatic heterocycles. The van der Waals surface area contributed by atoms with E-state index in [9.17, 15) is 23.1 Å². The van der Waals surface area contributed by atoms with Gasteiger partial charge in [0.1, 0.15) is 5.75 Å². The molecule has 49 heavy (non-hydrogen) atoms. The van der Waals surface area contributed by atoms with Gasteiger partial charge in [-0.1, -0.05) is 24.3 Å². The number of aliphatic hydroxyl groups excluding tert-OH is 1. The van der Waals surface area contributed by atoms with E-state index in [-0.39, 0.29) is 55.3 Å². The van der Waals surface area contributed by atoms with Gasteiger partial charge in [-0.05, 0) is 82.6 Å². The van der Waals surface area contributed by atoms with Crippen LogP contribution in [0, 0.1) is 0 Å². The molecule has 0 spiro atoms. The first-order valence-electron chi connectivity index (χ1n) is 15.5. The van der Waals surface area contributed by atoms with Gasteiger partial charge in [-0.2, -0.15) is 15.6 Å². The fourth-order valence-electron chi connectivity index (χ4n) is 5.13. The third-order valence-corrected chi connectivity index (χ3v) is 10.4. The van der Waals surface area contributed by atoms with Crippen molar-refractivity contribution in [1.29, 1.82) is 0 Å². The van der Waals surface area contributed by atoms with Crippen LogP contribution in [0.3, 0.4) is 0 Å². The first-order chi connectivity index (χ1) is 23.7. The normalized spacial score (nSPS) is 16.0. The predicted molar refractivity (Wildman–Crippen MR) is 187 cm³/mol. The maximum atomic E-state index is 13.3. The number of hydrogen-bond donors (Lipinski definition) is 4. The molecule has 12 nitrogen and oxygen atoms in total. The first-order valence-corrected chi connectivity index (χ1v) is 17.9. The molecule has 0 saturated heterocycles. The molecule has 0 aliphatic carbocycles. The maximum absolute atomic E-state index is 13.3. The molecule has 1 aliphatic rings. The number of hydrogen-bond acceptors (Lipinski definition) is 10. The number of carbonyl (C=O) groups excluding carboxylic acids is 2. The van der Waals surface area contributed by atoms with E-state index in [0.29, 0.717) is 29.1 Å². The van der Waals surface area contributed by atoms with Crippen LogP contribution in [0.1, 0.15) is 33.8 Å². The number of nitrogens with two attached hydrogens (primary N) is 1. The summed E-state index contributed by atoms with van der Waals surface area (Å²) in [6.07, 6.45) is 1.34. The van der Waals surface area contributed by atoms with Crippen molar-refractivity contribution in [3.63, 3.8) is 0 Å². The Morgan fingerprint density at radius 2 is 1.78 bits per heavy atom. The number of nitrogen functional groups attached to an aromatic ring is 1. The van der Waals surface area contributed by atoms with E-state index in [4.69, 9.17) is 19.9 Å². The van der Waals surface area contributed by atoms with Crippen LogP contribution in [0.2, 0.25) is 0 Å². The van der Waals surface area contributed by atoms with Gasteiger partial charge in [0.15, 0.2) is 5.76 Å². The SMILES string of the molecule is COc1ccc(S(=O)(=O)N(CCO)CCO[C@H]2C[C@@H](c3ccsc3)C=C(C(=O)NCc3ccc(C(=O)Nc4ccccc4N)cc3)O2)cc1. The molecule has 1 aromatic heterocycles. The Morgan fingerprint density at radius 1 is 1.02 bits per heavy atom. The minimum absolute atomic E-state index is 0.0396. The van der Waals surface area contributed by atoms with Gasteiger partial charge in [0.2, 0.25) is 16.3 Å². The lowest BCUT2D eigenvalue weighted by molar-refractivity contribution is -0.146. The van der Waals surface area contributed by atoms with Crippen LogP contribution in [-0.2, 0) is 30.8 Å². The zero-order chi connectivity index (χ0) is 34.8. The highest BCUT2D eigenvalue weighted by molar-refractivity contribution is 7.89. The number of thiophene rings is 1. The molecule has 5 N–H and O–H groups in total. The lowest BCUT2D eigenvalue weighted by atomic mass is 9.95. The number of nitrogens with one attached hydrogen (secondary N) is 2. The molecule has 0 unspecified atom stereocenters. The number of carbonyl (C=O) groups is 2. The minimum Gasteiger partial charge on any atom is -0.497 e. The second-order valence-corrected chi connectivity index (χ2v) is 13.8. The summed E-state index contributed by atoms with van der Waals surface area (Å²) < 4.78 is 44.8. The quantitative estimate of drug-likeness (QED) is 0.132. The number of benzene rings is 3. The lowest BCUT2D eigenvalue weighted by Crippen LogP contribution is -2.38. The van der Waals surface area contributed by atoms with Crippen LogP contribution in [0.15, 0.2) is 106 Å². The summed E-state index contributed by atoms with van der Waals surface area (Å²) in [4.78, 5) is 26.0. The van der Waals surface area contributed by atoms with Crippen LogP contribution in [-0.4, -0.2) is 69.3 Å². The highest BCUT2D eigenvalue weighted by atomic mass is 32.2. The molecule has 0 radical (unpaired) electrons. The lowest BCUT2D eigenvalue weighted by Gasteiger charge is -2.30. The second kappa shape index (κ2) is 16.6. The highest BCUT2D eigenvalue weighted by Crippen LogP contribution is 2.33. The third kappa shape index (κ3) is 9.25. The van der Waals surface area contributed by atoms with Gasteiger partial charge in [0.05, 0.1) is 36.6 Å². The van der Waals surface area contributed by atoms with Gasteiger partial charge in [0.25, 0.3) is 11.8 Å². The largest absolute Gasteiger partial charge is 0.497 e. The average Bonchev–Trinajstić information content (AvgIpc) is 3.67. The first kappa shape index (κ1) is 35.6. The molecular weight excluding hydrogens is 669 g/mol. The van der Waals surface area contributed by atoms with E-state index in [2.05, 4.69) is 10.6 Å².